The second-order valence-corrected chi connectivity index (χ2v) is 9.47. The molecule has 0 N–H and O–H groups in total. The van der Waals surface area contributed by atoms with Crippen molar-refractivity contribution in [2.24, 2.45) is 17.8 Å². The molecule has 4 saturated heterocycles. The van der Waals surface area contributed by atoms with Gasteiger partial charge < -0.3 is 18.9 Å². The molecule has 7 heteroatoms. The Morgan fingerprint density at radius 2 is 1.80 bits per heavy atom. The van der Waals surface area contributed by atoms with Crippen LogP contribution in [0.5, 0.6) is 0 Å². The number of allylic oxidation sites excluding steroid dienone is 1. The molecule has 0 radical (unpaired) electrons. The number of ether oxygens (including phenoxy) is 4. The Kier molecular flexibility index (Phi) is 4.84. The van der Waals surface area contributed by atoms with E-state index >= 15 is 0 Å². The van der Waals surface area contributed by atoms with E-state index in [4.69, 9.17) is 18.9 Å². The van der Waals surface area contributed by atoms with Crippen molar-refractivity contribution in [3.05, 3.63) is 22.9 Å². The van der Waals surface area contributed by atoms with Crippen LogP contribution in [0.1, 0.15) is 52.9 Å². The van der Waals surface area contributed by atoms with Gasteiger partial charge in [0.2, 0.25) is 5.76 Å². The van der Waals surface area contributed by atoms with E-state index in [-0.39, 0.29) is 36.0 Å². The third-order valence-corrected chi connectivity index (χ3v) is 7.82. The summed E-state index contributed by atoms with van der Waals surface area (Å²) in [6.45, 7) is 6.88. The number of cyclic esters (lactones) is 2. The maximum atomic E-state index is 12.1. The van der Waals surface area contributed by atoms with Gasteiger partial charge in [0.25, 0.3) is 0 Å². The van der Waals surface area contributed by atoms with Crippen LogP contribution in [0.15, 0.2) is 22.9 Å². The lowest BCUT2D eigenvalue weighted by molar-refractivity contribution is -0.146. The van der Waals surface area contributed by atoms with Gasteiger partial charge in [-0.1, -0.05) is 13.8 Å². The second-order valence-electron chi connectivity index (χ2n) is 9.47. The van der Waals surface area contributed by atoms with Gasteiger partial charge in [-0.3, -0.25) is 9.69 Å². The SMILES string of the molecule is COC1=C(C)C(=O)O/C1=C1\O[C@@H]2CCCN3[C@@H]([C@@H]4C[C@H](C)C(=O)O4)CC[C@H]3[C@H]2[C@@H]1C. The molecule has 0 saturated carbocycles. The molecule has 5 heterocycles. The Morgan fingerprint density at radius 1 is 1.03 bits per heavy atom. The normalized spacial score (nSPS) is 43.8. The van der Waals surface area contributed by atoms with Gasteiger partial charge in [-0.15, -0.1) is 0 Å². The van der Waals surface area contributed by atoms with Gasteiger partial charge >= 0.3 is 11.9 Å². The Hall–Kier alpha value is -2.02. The van der Waals surface area contributed by atoms with Gasteiger partial charge in [0.1, 0.15) is 18.0 Å². The molecule has 0 unspecified atom stereocenters. The van der Waals surface area contributed by atoms with Crippen LogP contribution < -0.4 is 0 Å². The lowest BCUT2D eigenvalue weighted by Crippen LogP contribution is -2.46. The average Bonchev–Trinajstić information content (AvgIpc) is 3.40. The minimum atomic E-state index is -0.364. The summed E-state index contributed by atoms with van der Waals surface area (Å²) in [5, 5.41) is 0. The van der Waals surface area contributed by atoms with Gasteiger partial charge in [0.05, 0.1) is 18.6 Å². The molecule has 0 spiro atoms. The summed E-state index contributed by atoms with van der Waals surface area (Å²) < 4.78 is 23.2. The van der Waals surface area contributed by atoms with Crippen LogP contribution in [0.2, 0.25) is 0 Å². The fourth-order valence-electron chi connectivity index (χ4n) is 6.36. The molecular weight excluding hydrogens is 386 g/mol. The molecule has 0 aromatic heterocycles. The highest BCUT2D eigenvalue weighted by molar-refractivity contribution is 5.93. The van der Waals surface area contributed by atoms with Crippen LogP contribution >= 0.6 is 0 Å². The van der Waals surface area contributed by atoms with Gasteiger partial charge in [0, 0.05) is 23.9 Å². The molecule has 4 fully saturated rings. The van der Waals surface area contributed by atoms with Crippen molar-refractivity contribution in [2.75, 3.05) is 13.7 Å². The first-order valence-electron chi connectivity index (χ1n) is 11.2. The number of esters is 2. The molecule has 5 rings (SSSR count). The quantitative estimate of drug-likeness (QED) is 0.640. The highest BCUT2D eigenvalue weighted by atomic mass is 16.6. The first kappa shape index (κ1) is 19.9. The fraction of sp³-hybridized carbons (Fsp3) is 0.739. The minimum Gasteiger partial charge on any atom is -0.492 e. The molecule has 164 valence electrons. The van der Waals surface area contributed by atoms with Crippen molar-refractivity contribution in [1.82, 2.24) is 4.90 Å². The zero-order valence-corrected chi connectivity index (χ0v) is 18.2. The van der Waals surface area contributed by atoms with E-state index in [0.29, 0.717) is 35.1 Å². The fourth-order valence-corrected chi connectivity index (χ4v) is 6.36. The van der Waals surface area contributed by atoms with Crippen LogP contribution in [0, 0.1) is 17.8 Å². The molecule has 0 aromatic rings. The molecule has 30 heavy (non-hydrogen) atoms. The molecule has 5 aliphatic heterocycles. The van der Waals surface area contributed by atoms with E-state index in [1.165, 1.54) is 0 Å². The average molecular weight is 418 g/mol. The number of carbonyl (C=O) groups is 2. The third kappa shape index (κ3) is 2.88. The number of nitrogens with zero attached hydrogens (tertiary/aromatic N) is 1. The Labute approximate surface area is 177 Å². The van der Waals surface area contributed by atoms with Crippen molar-refractivity contribution in [1.29, 1.82) is 0 Å². The van der Waals surface area contributed by atoms with Crippen LogP contribution in [-0.2, 0) is 28.5 Å². The number of rotatable bonds is 2. The monoisotopic (exact) mass is 417 g/mol. The van der Waals surface area contributed by atoms with Gasteiger partial charge in [-0.2, -0.15) is 0 Å². The Bertz CT molecular complexity index is 832. The first-order valence-corrected chi connectivity index (χ1v) is 11.2. The summed E-state index contributed by atoms with van der Waals surface area (Å²) >= 11 is 0. The number of carbonyl (C=O) groups excluding carboxylic acids is 2. The van der Waals surface area contributed by atoms with Crippen LogP contribution in [-0.4, -0.2) is 54.8 Å². The van der Waals surface area contributed by atoms with E-state index in [1.54, 1.807) is 14.0 Å². The minimum absolute atomic E-state index is 0.00149. The van der Waals surface area contributed by atoms with Crippen molar-refractivity contribution < 1.29 is 28.5 Å². The maximum absolute atomic E-state index is 12.1. The molecule has 0 aromatic carbocycles. The maximum Gasteiger partial charge on any atom is 0.343 e. The van der Waals surface area contributed by atoms with Gasteiger partial charge in [-0.25, -0.2) is 4.79 Å². The third-order valence-electron chi connectivity index (χ3n) is 7.82. The molecule has 0 amide bonds. The van der Waals surface area contributed by atoms with E-state index in [9.17, 15) is 9.59 Å². The number of fused-ring (bicyclic) bond motifs is 3. The van der Waals surface area contributed by atoms with Crippen LogP contribution in [0.3, 0.4) is 0 Å². The summed E-state index contributed by atoms with van der Waals surface area (Å²) in [4.78, 5) is 26.7. The Balaban J connectivity index is 1.42. The lowest BCUT2D eigenvalue weighted by Gasteiger charge is -2.35. The van der Waals surface area contributed by atoms with E-state index in [2.05, 4.69) is 11.8 Å². The predicted molar refractivity (Wildman–Crippen MR) is 107 cm³/mol. The topological polar surface area (TPSA) is 74.3 Å². The number of hydrogen-bond acceptors (Lipinski definition) is 7. The van der Waals surface area contributed by atoms with Crippen molar-refractivity contribution in [2.45, 2.75) is 77.2 Å². The van der Waals surface area contributed by atoms with Crippen molar-refractivity contribution in [3.8, 4) is 0 Å². The summed E-state index contributed by atoms with van der Waals surface area (Å²) in [5.74, 6) is 1.73. The van der Waals surface area contributed by atoms with Gasteiger partial charge in [-0.05, 0) is 45.6 Å². The molecule has 0 aliphatic carbocycles. The van der Waals surface area contributed by atoms with E-state index in [0.717, 1.165) is 44.4 Å². The lowest BCUT2D eigenvalue weighted by atomic mass is 9.82. The zero-order valence-electron chi connectivity index (χ0n) is 18.2. The molecular formula is C23H31NO6. The molecule has 7 nitrogen and oxygen atoms in total. The summed E-state index contributed by atoms with van der Waals surface area (Å²) in [6.07, 6.45) is 5.09. The Morgan fingerprint density at radius 3 is 2.50 bits per heavy atom. The van der Waals surface area contributed by atoms with Crippen molar-refractivity contribution in [3.63, 3.8) is 0 Å². The largest absolute Gasteiger partial charge is 0.492 e. The smallest absolute Gasteiger partial charge is 0.343 e. The predicted octanol–water partition coefficient (Wildman–Crippen LogP) is 2.90. The van der Waals surface area contributed by atoms with Crippen molar-refractivity contribution >= 4 is 11.9 Å². The molecule has 0 bridgehead atoms. The van der Waals surface area contributed by atoms with E-state index in [1.807, 2.05) is 6.92 Å². The van der Waals surface area contributed by atoms with Gasteiger partial charge in [0.15, 0.2) is 5.76 Å². The summed E-state index contributed by atoms with van der Waals surface area (Å²) in [7, 11) is 1.56. The summed E-state index contributed by atoms with van der Waals surface area (Å²) in [5.41, 5.74) is 0.489. The zero-order chi connectivity index (χ0) is 21.2. The number of hydrogen-bond donors (Lipinski definition) is 0. The van der Waals surface area contributed by atoms with Crippen LogP contribution in [0.4, 0.5) is 0 Å². The summed E-state index contributed by atoms with van der Waals surface area (Å²) in [6, 6.07) is 0.686. The molecule has 5 aliphatic rings. The standard InChI is InChI=1S/C23H31NO6/c1-11-10-17(29-22(11)25)14-7-8-15-18-12(2)20(28-16(18)6-5-9-24(14)15)21-19(27-4)13(3)23(26)30-21/h11-12,14-18H,5-10H2,1-4H3/b21-20-/t11-,12-,14+,15-,16+,17-,18+/m0/s1. The molecule has 7 atom stereocenters. The highest BCUT2D eigenvalue weighted by Gasteiger charge is 2.54. The second kappa shape index (κ2) is 7.29. The first-order chi connectivity index (χ1) is 14.4. The van der Waals surface area contributed by atoms with Crippen LogP contribution in [0.25, 0.3) is 0 Å². The number of methoxy groups -OCH3 is 1. The highest BCUT2D eigenvalue weighted by Crippen LogP contribution is 2.50. The van der Waals surface area contributed by atoms with E-state index < -0.39 is 0 Å².